The molecular weight excluding hydrogens is 321 g/mol. The zero-order chi connectivity index (χ0) is 15.0. The van der Waals surface area contributed by atoms with Gasteiger partial charge in [-0.05, 0) is 50.1 Å². The molecule has 0 saturated carbocycles. The molecule has 2 atom stereocenters. The van der Waals surface area contributed by atoms with Crippen LogP contribution in [0.25, 0.3) is 0 Å². The minimum Gasteiger partial charge on any atom is -0.377 e. The fourth-order valence-electron chi connectivity index (χ4n) is 2.48. The van der Waals surface area contributed by atoms with Gasteiger partial charge in [0, 0.05) is 17.1 Å². The summed E-state index contributed by atoms with van der Waals surface area (Å²) >= 11 is 3.35. The van der Waals surface area contributed by atoms with Gasteiger partial charge in [-0.15, -0.1) is 0 Å². The first-order valence-corrected chi connectivity index (χ1v) is 8.19. The highest BCUT2D eigenvalue weighted by Gasteiger charge is 2.21. The van der Waals surface area contributed by atoms with Crippen LogP contribution in [0.15, 0.2) is 22.7 Å². The molecule has 0 aliphatic heterocycles. The van der Waals surface area contributed by atoms with Gasteiger partial charge in [0.15, 0.2) is 0 Å². The number of hydrogen-bond acceptors (Lipinski definition) is 2. The summed E-state index contributed by atoms with van der Waals surface area (Å²) in [6, 6.07) is 5.28. The first-order valence-electron chi connectivity index (χ1n) is 7.40. The van der Waals surface area contributed by atoms with Crippen LogP contribution in [0, 0.1) is 5.82 Å². The van der Waals surface area contributed by atoms with Crippen LogP contribution in [-0.4, -0.2) is 25.3 Å². The van der Waals surface area contributed by atoms with Crippen molar-refractivity contribution in [2.75, 3.05) is 13.2 Å². The van der Waals surface area contributed by atoms with Gasteiger partial charge in [-0.1, -0.05) is 36.2 Å². The minimum absolute atomic E-state index is 0.173. The van der Waals surface area contributed by atoms with Gasteiger partial charge in [0.05, 0.1) is 6.10 Å². The van der Waals surface area contributed by atoms with Crippen molar-refractivity contribution in [3.63, 3.8) is 0 Å². The zero-order valence-electron chi connectivity index (χ0n) is 12.6. The average Bonchev–Trinajstić information content (AvgIpc) is 2.37. The number of nitrogens with one attached hydrogen (secondary N) is 1. The van der Waals surface area contributed by atoms with E-state index in [0.29, 0.717) is 6.61 Å². The maximum Gasteiger partial charge on any atom is 0.124 e. The molecular formula is C16H25BrFNO. The SMILES string of the molecule is CCCC(OCC)C(Cc1cc(F)cc(Br)c1)NCC. The summed E-state index contributed by atoms with van der Waals surface area (Å²) in [4.78, 5) is 0. The van der Waals surface area contributed by atoms with E-state index in [4.69, 9.17) is 4.74 Å². The number of benzene rings is 1. The summed E-state index contributed by atoms with van der Waals surface area (Å²) in [6.45, 7) is 7.86. The minimum atomic E-state index is -0.201. The molecule has 1 N–H and O–H groups in total. The van der Waals surface area contributed by atoms with Crippen LogP contribution in [0.5, 0.6) is 0 Å². The van der Waals surface area contributed by atoms with Gasteiger partial charge < -0.3 is 10.1 Å². The van der Waals surface area contributed by atoms with Crippen molar-refractivity contribution in [3.05, 3.63) is 34.1 Å². The highest BCUT2D eigenvalue weighted by atomic mass is 79.9. The second-order valence-electron chi connectivity index (χ2n) is 4.93. The van der Waals surface area contributed by atoms with E-state index in [9.17, 15) is 4.39 Å². The molecule has 0 fully saturated rings. The molecule has 0 aliphatic rings. The van der Waals surface area contributed by atoms with Crippen molar-refractivity contribution in [2.45, 2.75) is 52.2 Å². The summed E-state index contributed by atoms with van der Waals surface area (Å²) in [7, 11) is 0. The summed E-state index contributed by atoms with van der Waals surface area (Å²) < 4.78 is 20.1. The predicted molar refractivity (Wildman–Crippen MR) is 85.6 cm³/mol. The van der Waals surface area contributed by atoms with E-state index in [0.717, 1.165) is 35.8 Å². The lowest BCUT2D eigenvalue weighted by molar-refractivity contribution is 0.0285. The van der Waals surface area contributed by atoms with Crippen LogP contribution in [0.4, 0.5) is 4.39 Å². The molecule has 114 valence electrons. The molecule has 2 unspecified atom stereocenters. The van der Waals surface area contributed by atoms with Gasteiger partial charge in [0.25, 0.3) is 0 Å². The van der Waals surface area contributed by atoms with E-state index in [1.54, 1.807) is 6.07 Å². The number of rotatable bonds is 9. The predicted octanol–water partition coefficient (Wildman–Crippen LogP) is 4.31. The Hall–Kier alpha value is -0.450. The fraction of sp³-hybridized carbons (Fsp3) is 0.625. The fourth-order valence-corrected chi connectivity index (χ4v) is 2.99. The molecule has 0 aromatic heterocycles. The van der Waals surface area contributed by atoms with Gasteiger partial charge >= 0.3 is 0 Å². The normalized spacial score (nSPS) is 14.2. The average molecular weight is 346 g/mol. The monoisotopic (exact) mass is 345 g/mol. The molecule has 1 aromatic carbocycles. The van der Waals surface area contributed by atoms with E-state index in [1.165, 1.54) is 6.07 Å². The first-order chi connectivity index (χ1) is 9.60. The van der Waals surface area contributed by atoms with Crippen LogP contribution in [0.3, 0.4) is 0 Å². The third-order valence-electron chi connectivity index (χ3n) is 3.25. The Kier molecular flexibility index (Phi) is 8.34. The van der Waals surface area contributed by atoms with Crippen molar-refractivity contribution < 1.29 is 9.13 Å². The molecule has 0 bridgehead atoms. The molecule has 0 amide bonds. The van der Waals surface area contributed by atoms with E-state index >= 15 is 0 Å². The maximum absolute atomic E-state index is 13.5. The topological polar surface area (TPSA) is 21.3 Å². The lowest BCUT2D eigenvalue weighted by Gasteiger charge is -2.28. The van der Waals surface area contributed by atoms with E-state index in [-0.39, 0.29) is 18.0 Å². The van der Waals surface area contributed by atoms with Crippen LogP contribution >= 0.6 is 15.9 Å². The molecule has 1 aromatic rings. The van der Waals surface area contributed by atoms with Crippen molar-refractivity contribution in [1.82, 2.24) is 5.32 Å². The first kappa shape index (κ1) is 17.6. The molecule has 0 saturated heterocycles. The van der Waals surface area contributed by atoms with Crippen LogP contribution in [0.1, 0.15) is 39.2 Å². The molecule has 0 heterocycles. The number of hydrogen-bond donors (Lipinski definition) is 1. The molecule has 0 radical (unpaired) electrons. The van der Waals surface area contributed by atoms with E-state index < -0.39 is 0 Å². The van der Waals surface area contributed by atoms with Crippen LogP contribution < -0.4 is 5.32 Å². The van der Waals surface area contributed by atoms with Gasteiger partial charge in [-0.25, -0.2) is 4.39 Å². The maximum atomic E-state index is 13.5. The quantitative estimate of drug-likeness (QED) is 0.719. The van der Waals surface area contributed by atoms with E-state index in [1.807, 2.05) is 13.0 Å². The molecule has 20 heavy (non-hydrogen) atoms. The summed E-state index contributed by atoms with van der Waals surface area (Å²) in [6.07, 6.45) is 3.04. The Morgan fingerprint density at radius 1 is 1.25 bits per heavy atom. The van der Waals surface area contributed by atoms with Gasteiger partial charge in [0.1, 0.15) is 5.82 Å². The Morgan fingerprint density at radius 2 is 2.00 bits per heavy atom. The van der Waals surface area contributed by atoms with Gasteiger partial charge in [0.2, 0.25) is 0 Å². The standard InChI is InChI=1S/C16H25BrFNO/c1-4-7-16(20-6-3)15(19-5-2)10-12-8-13(17)11-14(18)9-12/h8-9,11,15-16,19H,4-7,10H2,1-3H3. The van der Waals surface area contributed by atoms with Crippen molar-refractivity contribution in [2.24, 2.45) is 0 Å². The lowest BCUT2D eigenvalue weighted by Crippen LogP contribution is -2.43. The molecule has 0 aliphatic carbocycles. The molecule has 0 spiro atoms. The lowest BCUT2D eigenvalue weighted by atomic mass is 9.98. The van der Waals surface area contributed by atoms with Crippen LogP contribution in [0.2, 0.25) is 0 Å². The Labute approximate surface area is 130 Å². The highest BCUT2D eigenvalue weighted by Crippen LogP contribution is 2.19. The van der Waals surface area contributed by atoms with Crippen LogP contribution in [-0.2, 0) is 11.2 Å². The summed E-state index contributed by atoms with van der Waals surface area (Å²) in [5.74, 6) is -0.201. The van der Waals surface area contributed by atoms with Crippen molar-refractivity contribution in [1.29, 1.82) is 0 Å². The van der Waals surface area contributed by atoms with Gasteiger partial charge in [-0.2, -0.15) is 0 Å². The van der Waals surface area contributed by atoms with E-state index in [2.05, 4.69) is 35.1 Å². The van der Waals surface area contributed by atoms with Crippen molar-refractivity contribution in [3.8, 4) is 0 Å². The number of halogens is 2. The number of likely N-dealkylation sites (N-methyl/N-ethyl adjacent to an activating group) is 1. The molecule has 1 rings (SSSR count). The third kappa shape index (κ3) is 5.90. The second kappa shape index (κ2) is 9.48. The Morgan fingerprint density at radius 3 is 2.55 bits per heavy atom. The highest BCUT2D eigenvalue weighted by molar-refractivity contribution is 9.10. The molecule has 2 nitrogen and oxygen atoms in total. The second-order valence-corrected chi connectivity index (χ2v) is 5.84. The molecule has 4 heteroatoms. The smallest absolute Gasteiger partial charge is 0.124 e. The van der Waals surface area contributed by atoms with Crippen molar-refractivity contribution >= 4 is 15.9 Å². The largest absolute Gasteiger partial charge is 0.377 e. The summed E-state index contributed by atoms with van der Waals surface area (Å²) in [5.41, 5.74) is 0.989. The Bertz CT molecular complexity index is 374. The Balaban J connectivity index is 2.83. The third-order valence-corrected chi connectivity index (χ3v) is 3.70. The number of ether oxygens (including phenoxy) is 1. The van der Waals surface area contributed by atoms with Gasteiger partial charge in [-0.3, -0.25) is 0 Å². The zero-order valence-corrected chi connectivity index (χ0v) is 14.2. The summed E-state index contributed by atoms with van der Waals surface area (Å²) in [5, 5.41) is 3.48.